The van der Waals surface area contributed by atoms with Gasteiger partial charge < -0.3 is 4.74 Å². The maximum absolute atomic E-state index is 5.95. The molecule has 0 heterocycles. The Kier molecular flexibility index (Phi) is 7.74. The average molecular weight is 536 g/mol. The van der Waals surface area contributed by atoms with Gasteiger partial charge in [-0.3, -0.25) is 0 Å². The fraction of sp³-hybridized carbons (Fsp3) is 0.143. The van der Waals surface area contributed by atoms with Crippen LogP contribution in [-0.2, 0) is 30.8 Å². The van der Waals surface area contributed by atoms with Crippen LogP contribution in [0.1, 0.15) is 33.4 Å². The van der Waals surface area contributed by atoms with E-state index in [1.54, 1.807) is 0 Å². The molecule has 31 heavy (non-hydrogen) atoms. The Hall–Kier alpha value is -2.20. The second kappa shape index (κ2) is 10.9. The number of hydrogen-bond donors (Lipinski definition) is 0. The number of halogens is 2. The first-order chi connectivity index (χ1) is 15.2. The Morgan fingerprint density at radius 3 is 1.19 bits per heavy atom. The van der Waals surface area contributed by atoms with E-state index in [0.29, 0.717) is 13.2 Å². The minimum absolute atomic E-state index is 0.619. The third-order valence-electron chi connectivity index (χ3n) is 5.29. The van der Waals surface area contributed by atoms with E-state index in [9.17, 15) is 0 Å². The molecule has 0 radical (unpaired) electrons. The SMILES string of the molecule is Brc1ccccc1Cc1ccc(COCc2ccc(Cc3ccccc3Br)cc2)cc1. The number of hydrogen-bond acceptors (Lipinski definition) is 1. The van der Waals surface area contributed by atoms with Gasteiger partial charge in [-0.05, 0) is 58.4 Å². The Bertz CT molecular complexity index is 1030. The predicted molar refractivity (Wildman–Crippen MR) is 135 cm³/mol. The summed E-state index contributed by atoms with van der Waals surface area (Å²) in [5, 5.41) is 0. The van der Waals surface area contributed by atoms with E-state index in [1.165, 1.54) is 33.4 Å². The summed E-state index contributed by atoms with van der Waals surface area (Å²) in [6, 6.07) is 34.1. The number of rotatable bonds is 8. The summed E-state index contributed by atoms with van der Waals surface area (Å²) < 4.78 is 8.26. The van der Waals surface area contributed by atoms with Crippen molar-refractivity contribution in [3.8, 4) is 0 Å². The highest BCUT2D eigenvalue weighted by atomic mass is 79.9. The molecule has 4 rings (SSSR count). The molecule has 3 heteroatoms. The summed E-state index contributed by atoms with van der Waals surface area (Å²) in [5.74, 6) is 0. The van der Waals surface area contributed by atoms with E-state index in [0.717, 1.165) is 21.8 Å². The molecule has 0 amide bonds. The lowest BCUT2D eigenvalue weighted by Gasteiger charge is -2.09. The fourth-order valence-electron chi connectivity index (χ4n) is 3.52. The van der Waals surface area contributed by atoms with Crippen molar-refractivity contribution in [3.63, 3.8) is 0 Å². The van der Waals surface area contributed by atoms with E-state index in [1.807, 2.05) is 12.1 Å². The Morgan fingerprint density at radius 1 is 0.452 bits per heavy atom. The molecule has 0 saturated heterocycles. The van der Waals surface area contributed by atoms with Crippen molar-refractivity contribution in [2.45, 2.75) is 26.1 Å². The monoisotopic (exact) mass is 534 g/mol. The summed E-state index contributed by atoms with van der Waals surface area (Å²) in [7, 11) is 0. The van der Waals surface area contributed by atoms with Gasteiger partial charge in [-0.2, -0.15) is 0 Å². The number of benzene rings is 4. The van der Waals surface area contributed by atoms with Crippen LogP contribution < -0.4 is 0 Å². The lowest BCUT2D eigenvalue weighted by atomic mass is 10.0. The van der Waals surface area contributed by atoms with Crippen molar-refractivity contribution >= 4 is 31.9 Å². The molecule has 0 saturated carbocycles. The van der Waals surface area contributed by atoms with Gasteiger partial charge in [-0.15, -0.1) is 0 Å². The largest absolute Gasteiger partial charge is 0.372 e. The van der Waals surface area contributed by atoms with Crippen molar-refractivity contribution in [2.24, 2.45) is 0 Å². The molecule has 0 atom stereocenters. The van der Waals surface area contributed by atoms with Crippen molar-refractivity contribution in [2.75, 3.05) is 0 Å². The second-order valence-corrected chi connectivity index (χ2v) is 9.37. The van der Waals surface area contributed by atoms with Gasteiger partial charge in [0.05, 0.1) is 13.2 Å². The maximum atomic E-state index is 5.95. The molecular weight excluding hydrogens is 512 g/mol. The van der Waals surface area contributed by atoms with Crippen LogP contribution in [0.25, 0.3) is 0 Å². The zero-order valence-electron chi connectivity index (χ0n) is 17.2. The molecule has 0 aromatic heterocycles. The molecule has 0 aliphatic heterocycles. The Labute approximate surface area is 201 Å². The van der Waals surface area contributed by atoms with Gasteiger partial charge >= 0.3 is 0 Å². The van der Waals surface area contributed by atoms with Crippen molar-refractivity contribution in [3.05, 3.63) is 139 Å². The Morgan fingerprint density at radius 2 is 0.806 bits per heavy atom. The van der Waals surface area contributed by atoms with Gasteiger partial charge in [-0.1, -0.05) is 117 Å². The minimum atomic E-state index is 0.619. The maximum Gasteiger partial charge on any atom is 0.0721 e. The highest BCUT2D eigenvalue weighted by Crippen LogP contribution is 2.21. The van der Waals surface area contributed by atoms with E-state index >= 15 is 0 Å². The van der Waals surface area contributed by atoms with Crippen LogP contribution in [0.2, 0.25) is 0 Å². The summed E-state index contributed by atoms with van der Waals surface area (Å²) >= 11 is 7.25. The molecule has 0 N–H and O–H groups in total. The summed E-state index contributed by atoms with van der Waals surface area (Å²) in [6.07, 6.45) is 1.85. The van der Waals surface area contributed by atoms with Crippen LogP contribution in [0.3, 0.4) is 0 Å². The first-order valence-corrected chi connectivity index (χ1v) is 12.0. The molecule has 4 aromatic rings. The van der Waals surface area contributed by atoms with Crippen molar-refractivity contribution < 1.29 is 4.74 Å². The van der Waals surface area contributed by atoms with Crippen LogP contribution in [-0.4, -0.2) is 0 Å². The molecule has 0 unspecified atom stereocenters. The lowest BCUT2D eigenvalue weighted by molar-refractivity contribution is 0.107. The van der Waals surface area contributed by atoms with E-state index in [4.69, 9.17) is 4.74 Å². The summed E-state index contributed by atoms with van der Waals surface area (Å²) in [6.45, 7) is 1.24. The van der Waals surface area contributed by atoms with Gasteiger partial charge in [0.25, 0.3) is 0 Å². The van der Waals surface area contributed by atoms with Crippen molar-refractivity contribution in [1.82, 2.24) is 0 Å². The second-order valence-electron chi connectivity index (χ2n) is 7.66. The van der Waals surface area contributed by atoms with Crippen LogP contribution in [0.4, 0.5) is 0 Å². The Balaban J connectivity index is 1.26. The quantitative estimate of drug-likeness (QED) is 0.221. The highest BCUT2D eigenvalue weighted by molar-refractivity contribution is 9.10. The topological polar surface area (TPSA) is 9.23 Å². The highest BCUT2D eigenvalue weighted by Gasteiger charge is 2.03. The van der Waals surface area contributed by atoms with Gasteiger partial charge in [0, 0.05) is 8.95 Å². The van der Waals surface area contributed by atoms with Crippen molar-refractivity contribution in [1.29, 1.82) is 0 Å². The molecule has 0 aliphatic carbocycles. The predicted octanol–water partition coefficient (Wildman–Crippen LogP) is 8.11. The first-order valence-electron chi connectivity index (χ1n) is 10.4. The van der Waals surface area contributed by atoms with Crippen LogP contribution in [0.15, 0.2) is 106 Å². The van der Waals surface area contributed by atoms with E-state index < -0.39 is 0 Å². The van der Waals surface area contributed by atoms with E-state index in [-0.39, 0.29) is 0 Å². The molecule has 0 bridgehead atoms. The van der Waals surface area contributed by atoms with Gasteiger partial charge in [0.15, 0.2) is 0 Å². The molecule has 156 valence electrons. The zero-order chi connectivity index (χ0) is 21.5. The molecule has 0 fully saturated rings. The third kappa shape index (κ3) is 6.39. The number of ether oxygens (including phenoxy) is 1. The van der Waals surface area contributed by atoms with Gasteiger partial charge in [-0.25, -0.2) is 0 Å². The van der Waals surface area contributed by atoms with Crippen LogP contribution >= 0.6 is 31.9 Å². The fourth-order valence-corrected chi connectivity index (χ4v) is 4.37. The minimum Gasteiger partial charge on any atom is -0.372 e. The lowest BCUT2D eigenvalue weighted by Crippen LogP contribution is -1.96. The van der Waals surface area contributed by atoms with Gasteiger partial charge in [0.2, 0.25) is 0 Å². The molecular formula is C28H24Br2O. The third-order valence-corrected chi connectivity index (χ3v) is 6.84. The van der Waals surface area contributed by atoms with Crippen LogP contribution in [0, 0.1) is 0 Å². The smallest absolute Gasteiger partial charge is 0.0721 e. The average Bonchev–Trinajstić information content (AvgIpc) is 2.79. The molecule has 0 aliphatic rings. The summed E-state index contributed by atoms with van der Waals surface area (Å²) in [4.78, 5) is 0. The standard InChI is InChI=1S/C28H24Br2O/c29-27-7-3-1-5-25(27)17-21-9-13-23(14-10-21)19-31-20-24-15-11-22(12-16-24)18-26-6-2-4-8-28(26)30/h1-16H,17-20H2. The molecule has 1 nitrogen and oxygen atoms in total. The summed E-state index contributed by atoms with van der Waals surface area (Å²) in [5.41, 5.74) is 7.60. The first kappa shape index (κ1) is 22.0. The normalized spacial score (nSPS) is 10.9. The van der Waals surface area contributed by atoms with Crippen LogP contribution in [0.5, 0.6) is 0 Å². The zero-order valence-corrected chi connectivity index (χ0v) is 20.4. The molecule has 0 spiro atoms. The van der Waals surface area contributed by atoms with E-state index in [2.05, 4.69) is 117 Å². The van der Waals surface area contributed by atoms with Gasteiger partial charge in [0.1, 0.15) is 0 Å². The molecule has 4 aromatic carbocycles.